The van der Waals surface area contributed by atoms with Gasteiger partial charge in [-0.1, -0.05) is 68.5 Å². The first kappa shape index (κ1) is 31.2. The maximum atomic E-state index is 13.9. The van der Waals surface area contributed by atoms with Crippen LogP contribution in [0.1, 0.15) is 53.9 Å². The van der Waals surface area contributed by atoms with Gasteiger partial charge in [0.15, 0.2) is 10.6 Å². The van der Waals surface area contributed by atoms with Gasteiger partial charge in [-0.3, -0.25) is 9.59 Å². The van der Waals surface area contributed by atoms with Crippen LogP contribution in [0.2, 0.25) is 0 Å². The van der Waals surface area contributed by atoms with Crippen molar-refractivity contribution < 1.29 is 27.5 Å². The summed E-state index contributed by atoms with van der Waals surface area (Å²) in [6.45, 7) is 5.93. The molecule has 0 bridgehead atoms. The van der Waals surface area contributed by atoms with Gasteiger partial charge in [0.1, 0.15) is 11.6 Å². The zero-order chi connectivity index (χ0) is 30.7. The molecule has 2 atom stereocenters. The number of nitrogens with one attached hydrogen (secondary N) is 2. The van der Waals surface area contributed by atoms with Gasteiger partial charge in [-0.2, -0.15) is 4.72 Å². The molecule has 2 unspecified atom stereocenters. The Labute approximate surface area is 247 Å². The molecule has 0 aliphatic heterocycles. The van der Waals surface area contributed by atoms with Gasteiger partial charge in [0.25, 0.3) is 5.91 Å². The number of fused-ring (bicyclic) bond motifs is 1. The molecule has 42 heavy (non-hydrogen) atoms. The highest BCUT2D eigenvalue weighted by molar-refractivity contribution is 7.91. The Balaban J connectivity index is 1.71. The number of carbonyl (C=O) groups is 2. The standard InChI is InChI=1S/C32H39N3O6S/c1-21(2)28(31(37)38)34-42(39,40)32(18-16-24(17-19-32)23-11-7-6-8-12-23)33-30(36)29-22(3)27-25(14-10-20-35(4)5)13-9-15-26(27)41-29/h6-9,11-13,15-18,21,28,34H,10,14,19-20H2,1-5H3,(H,33,36)(H,37,38). The van der Waals surface area contributed by atoms with Crippen LogP contribution in [0.3, 0.4) is 0 Å². The summed E-state index contributed by atoms with van der Waals surface area (Å²) < 4.78 is 36.2. The molecule has 9 nitrogen and oxygen atoms in total. The molecule has 10 heteroatoms. The number of nitrogens with zero attached hydrogens (tertiary/aromatic N) is 1. The van der Waals surface area contributed by atoms with Crippen molar-refractivity contribution in [1.29, 1.82) is 0 Å². The van der Waals surface area contributed by atoms with Gasteiger partial charge in [0.2, 0.25) is 10.0 Å². The average molecular weight is 594 g/mol. The molecule has 1 aliphatic rings. The van der Waals surface area contributed by atoms with Crippen molar-refractivity contribution >= 4 is 38.4 Å². The summed E-state index contributed by atoms with van der Waals surface area (Å²) in [4.78, 5) is 25.9. The van der Waals surface area contributed by atoms with Crippen molar-refractivity contribution in [1.82, 2.24) is 14.9 Å². The lowest BCUT2D eigenvalue weighted by Crippen LogP contribution is -2.60. The molecule has 0 fully saturated rings. The normalized spacial score (nSPS) is 17.9. The van der Waals surface area contributed by atoms with Crippen molar-refractivity contribution in [3.8, 4) is 0 Å². The van der Waals surface area contributed by atoms with Crippen LogP contribution in [0.25, 0.3) is 16.5 Å². The fourth-order valence-electron chi connectivity index (χ4n) is 5.22. The molecule has 224 valence electrons. The minimum Gasteiger partial charge on any atom is -0.480 e. The maximum absolute atomic E-state index is 13.9. The van der Waals surface area contributed by atoms with Crippen LogP contribution in [0.15, 0.2) is 71.2 Å². The number of aryl methyl sites for hydroxylation is 2. The molecule has 3 N–H and O–H groups in total. The molecular formula is C32H39N3O6S. The van der Waals surface area contributed by atoms with E-state index in [9.17, 15) is 23.1 Å². The summed E-state index contributed by atoms with van der Waals surface area (Å²) in [5, 5.41) is 13.3. The van der Waals surface area contributed by atoms with Crippen molar-refractivity contribution in [3.63, 3.8) is 0 Å². The predicted molar refractivity (Wildman–Crippen MR) is 165 cm³/mol. The van der Waals surface area contributed by atoms with E-state index in [-0.39, 0.29) is 12.2 Å². The number of hydrogen-bond donors (Lipinski definition) is 3. The second-order valence-electron chi connectivity index (χ2n) is 11.3. The minimum absolute atomic E-state index is 0.0181. The fraction of sp³-hybridized carbons (Fsp3) is 0.375. The summed E-state index contributed by atoms with van der Waals surface area (Å²) >= 11 is 0. The molecule has 0 saturated carbocycles. The quantitative estimate of drug-likeness (QED) is 0.277. The second-order valence-corrected chi connectivity index (χ2v) is 13.3. The van der Waals surface area contributed by atoms with Gasteiger partial charge in [-0.25, -0.2) is 8.42 Å². The molecule has 4 rings (SSSR count). The summed E-state index contributed by atoms with van der Waals surface area (Å²) in [5.41, 5.74) is 3.89. The van der Waals surface area contributed by atoms with Gasteiger partial charge in [-0.15, -0.1) is 0 Å². The molecule has 1 heterocycles. The van der Waals surface area contributed by atoms with Crippen molar-refractivity contribution in [2.75, 3.05) is 20.6 Å². The lowest BCUT2D eigenvalue weighted by molar-refractivity contribution is -0.140. The summed E-state index contributed by atoms with van der Waals surface area (Å²) in [6, 6.07) is 13.8. The first-order chi connectivity index (χ1) is 19.8. The average Bonchev–Trinajstić information content (AvgIpc) is 3.29. The first-order valence-corrected chi connectivity index (χ1v) is 15.5. The van der Waals surface area contributed by atoms with E-state index in [0.717, 1.165) is 41.5 Å². The van der Waals surface area contributed by atoms with E-state index >= 15 is 0 Å². The van der Waals surface area contributed by atoms with Crippen LogP contribution in [-0.4, -0.2) is 61.9 Å². The molecule has 0 radical (unpaired) electrons. The van der Waals surface area contributed by atoms with Gasteiger partial charge >= 0.3 is 5.97 Å². The van der Waals surface area contributed by atoms with E-state index in [1.54, 1.807) is 39.0 Å². The van der Waals surface area contributed by atoms with Gasteiger partial charge in [-0.05, 0) is 75.2 Å². The van der Waals surface area contributed by atoms with Gasteiger partial charge < -0.3 is 19.7 Å². The Bertz CT molecular complexity index is 1620. The van der Waals surface area contributed by atoms with Crippen LogP contribution in [0.4, 0.5) is 0 Å². The SMILES string of the molecule is Cc1c(C(=O)NC2(S(=O)(=O)NC(C(=O)O)C(C)C)C=CC(c3ccccc3)=CC2)oc2cccc(CCCN(C)C)c12. The van der Waals surface area contributed by atoms with Crippen LogP contribution in [0.5, 0.6) is 0 Å². The van der Waals surface area contributed by atoms with E-state index in [4.69, 9.17) is 4.42 Å². The summed E-state index contributed by atoms with van der Waals surface area (Å²) in [5.74, 6) is -2.52. The molecule has 1 amide bonds. The highest BCUT2D eigenvalue weighted by atomic mass is 32.2. The highest BCUT2D eigenvalue weighted by Crippen LogP contribution is 2.33. The highest BCUT2D eigenvalue weighted by Gasteiger charge is 2.46. The molecule has 1 aromatic heterocycles. The third-order valence-electron chi connectivity index (χ3n) is 7.58. The molecule has 0 spiro atoms. The first-order valence-electron chi connectivity index (χ1n) is 14.0. The van der Waals surface area contributed by atoms with Gasteiger partial charge in [0, 0.05) is 17.4 Å². The zero-order valence-corrected chi connectivity index (χ0v) is 25.5. The van der Waals surface area contributed by atoms with E-state index in [2.05, 4.69) is 14.9 Å². The van der Waals surface area contributed by atoms with Gasteiger partial charge in [0.05, 0.1) is 0 Å². The number of amides is 1. The zero-order valence-electron chi connectivity index (χ0n) is 24.7. The monoisotopic (exact) mass is 593 g/mol. The number of carbonyl (C=O) groups excluding carboxylic acids is 1. The largest absolute Gasteiger partial charge is 0.480 e. The van der Waals surface area contributed by atoms with E-state index in [1.807, 2.05) is 56.6 Å². The number of allylic oxidation sites excluding steroid dienone is 2. The Hall–Kier alpha value is -3.73. The van der Waals surface area contributed by atoms with Crippen LogP contribution in [-0.2, 0) is 21.2 Å². The smallest absolute Gasteiger partial charge is 0.321 e. The van der Waals surface area contributed by atoms with Crippen LogP contribution < -0.4 is 10.0 Å². The summed E-state index contributed by atoms with van der Waals surface area (Å²) in [6.07, 6.45) is 6.38. The number of rotatable bonds is 12. The van der Waals surface area contributed by atoms with Crippen molar-refractivity contribution in [3.05, 3.63) is 89.2 Å². The molecule has 3 aromatic rings. The van der Waals surface area contributed by atoms with E-state index in [0.29, 0.717) is 11.1 Å². The van der Waals surface area contributed by atoms with E-state index in [1.165, 1.54) is 6.08 Å². The minimum atomic E-state index is -4.45. The van der Waals surface area contributed by atoms with Crippen LogP contribution in [0, 0.1) is 12.8 Å². The Kier molecular flexibility index (Phi) is 9.40. The lowest BCUT2D eigenvalue weighted by atomic mass is 9.96. The Morgan fingerprint density at radius 3 is 2.40 bits per heavy atom. The number of aliphatic carboxylic acids is 1. The van der Waals surface area contributed by atoms with E-state index < -0.39 is 38.7 Å². The number of benzene rings is 2. The number of hydrogen-bond acceptors (Lipinski definition) is 6. The number of carboxylic acid groups (broad SMARTS) is 1. The fourth-order valence-corrected chi connectivity index (χ4v) is 6.91. The Morgan fingerprint density at radius 1 is 1.10 bits per heavy atom. The number of sulfonamides is 1. The topological polar surface area (TPSA) is 129 Å². The van der Waals surface area contributed by atoms with Crippen LogP contribution >= 0.6 is 0 Å². The third-order valence-corrected chi connectivity index (χ3v) is 9.51. The molecule has 1 aliphatic carbocycles. The van der Waals surface area contributed by atoms with Crippen molar-refractivity contribution in [2.45, 2.75) is 50.9 Å². The second kappa shape index (κ2) is 12.6. The molecular weight excluding hydrogens is 554 g/mol. The predicted octanol–water partition coefficient (Wildman–Crippen LogP) is 4.73. The molecule has 0 saturated heterocycles. The molecule has 2 aromatic carbocycles. The number of carboxylic acids is 1. The Morgan fingerprint density at radius 2 is 1.81 bits per heavy atom. The summed E-state index contributed by atoms with van der Waals surface area (Å²) in [7, 11) is -0.422. The van der Waals surface area contributed by atoms with Crippen molar-refractivity contribution in [2.24, 2.45) is 5.92 Å². The lowest BCUT2D eigenvalue weighted by Gasteiger charge is -2.34. The third kappa shape index (κ3) is 6.51. The number of furan rings is 1. The maximum Gasteiger partial charge on any atom is 0.321 e.